The number of hydrogen-bond donors (Lipinski definition) is 1. The van der Waals surface area contributed by atoms with Crippen LogP contribution >= 0.6 is 0 Å². The van der Waals surface area contributed by atoms with E-state index in [0.717, 1.165) is 0 Å². The summed E-state index contributed by atoms with van der Waals surface area (Å²) in [6, 6.07) is 5.82. The molecule has 0 spiro atoms. The fraction of sp³-hybridized carbons (Fsp3) is 0.500. The summed E-state index contributed by atoms with van der Waals surface area (Å²) in [5, 5.41) is 13.6. The normalized spacial score (nSPS) is 11.1. The molecule has 0 saturated carbocycles. The van der Waals surface area contributed by atoms with E-state index < -0.39 is 4.92 Å². The van der Waals surface area contributed by atoms with Gasteiger partial charge in [0.2, 0.25) is 0 Å². The summed E-state index contributed by atoms with van der Waals surface area (Å²) in [5.41, 5.74) is 0.249. The SMILES string of the molecule is CC(C)C(NC(=O)c1cccc([N+](=O)[O-])c1)C(C)C. The van der Waals surface area contributed by atoms with E-state index >= 15 is 0 Å². The molecule has 5 nitrogen and oxygen atoms in total. The number of nitro groups is 1. The van der Waals surface area contributed by atoms with E-state index in [0.29, 0.717) is 17.4 Å². The van der Waals surface area contributed by atoms with Crippen molar-refractivity contribution < 1.29 is 9.72 Å². The van der Waals surface area contributed by atoms with Crippen LogP contribution in [-0.4, -0.2) is 16.9 Å². The Morgan fingerprint density at radius 3 is 2.26 bits per heavy atom. The number of non-ortho nitro benzene ring substituents is 1. The highest BCUT2D eigenvalue weighted by Crippen LogP contribution is 2.16. The van der Waals surface area contributed by atoms with Gasteiger partial charge in [-0.05, 0) is 17.9 Å². The molecule has 0 radical (unpaired) electrons. The highest BCUT2D eigenvalue weighted by Gasteiger charge is 2.21. The number of carbonyl (C=O) groups is 1. The maximum Gasteiger partial charge on any atom is 0.270 e. The second-order valence-electron chi connectivity index (χ2n) is 5.29. The second-order valence-corrected chi connectivity index (χ2v) is 5.29. The van der Waals surface area contributed by atoms with Crippen LogP contribution in [0.4, 0.5) is 5.69 Å². The molecule has 0 aliphatic rings. The Balaban J connectivity index is 2.88. The van der Waals surface area contributed by atoms with Crippen LogP contribution in [0.15, 0.2) is 24.3 Å². The van der Waals surface area contributed by atoms with Crippen LogP contribution in [-0.2, 0) is 0 Å². The van der Waals surface area contributed by atoms with Gasteiger partial charge in [-0.3, -0.25) is 14.9 Å². The Morgan fingerprint density at radius 2 is 1.79 bits per heavy atom. The molecule has 0 atom stereocenters. The average Bonchev–Trinajstić information content (AvgIpc) is 2.34. The van der Waals surface area contributed by atoms with E-state index in [-0.39, 0.29) is 17.6 Å². The molecule has 1 aromatic carbocycles. The molecule has 0 fully saturated rings. The van der Waals surface area contributed by atoms with Crippen molar-refractivity contribution >= 4 is 11.6 Å². The van der Waals surface area contributed by atoms with E-state index in [9.17, 15) is 14.9 Å². The third-order valence-electron chi connectivity index (χ3n) is 3.05. The summed E-state index contributed by atoms with van der Waals surface area (Å²) < 4.78 is 0. The first-order valence-electron chi connectivity index (χ1n) is 6.38. The highest BCUT2D eigenvalue weighted by molar-refractivity contribution is 5.95. The topological polar surface area (TPSA) is 72.2 Å². The maximum atomic E-state index is 12.1. The molecule has 0 unspecified atom stereocenters. The fourth-order valence-electron chi connectivity index (χ4n) is 2.10. The van der Waals surface area contributed by atoms with Crippen molar-refractivity contribution in [3.8, 4) is 0 Å². The third-order valence-corrected chi connectivity index (χ3v) is 3.05. The van der Waals surface area contributed by atoms with Crippen LogP contribution in [0.1, 0.15) is 38.1 Å². The van der Waals surface area contributed by atoms with Crippen LogP contribution in [0.25, 0.3) is 0 Å². The molecule has 0 aliphatic carbocycles. The van der Waals surface area contributed by atoms with Crippen LogP contribution in [0.5, 0.6) is 0 Å². The van der Waals surface area contributed by atoms with Crippen molar-refractivity contribution in [2.24, 2.45) is 11.8 Å². The number of nitrogens with one attached hydrogen (secondary N) is 1. The zero-order valence-corrected chi connectivity index (χ0v) is 11.7. The molecule has 1 N–H and O–H groups in total. The molecule has 104 valence electrons. The van der Waals surface area contributed by atoms with Gasteiger partial charge < -0.3 is 5.32 Å². The lowest BCUT2D eigenvalue weighted by Crippen LogP contribution is -2.42. The molecule has 0 saturated heterocycles. The Morgan fingerprint density at radius 1 is 1.21 bits per heavy atom. The summed E-state index contributed by atoms with van der Waals surface area (Å²) in [5.74, 6) is 0.349. The van der Waals surface area contributed by atoms with Gasteiger partial charge >= 0.3 is 0 Å². The molecule has 0 heterocycles. The number of benzene rings is 1. The first-order valence-corrected chi connectivity index (χ1v) is 6.38. The number of amides is 1. The second kappa shape index (κ2) is 6.31. The third kappa shape index (κ3) is 4.05. The molecule has 1 amide bonds. The lowest BCUT2D eigenvalue weighted by Gasteiger charge is -2.26. The molecule has 0 aromatic heterocycles. The summed E-state index contributed by atoms with van der Waals surface area (Å²) in [4.78, 5) is 22.3. The average molecular weight is 264 g/mol. The quantitative estimate of drug-likeness (QED) is 0.656. The summed E-state index contributed by atoms with van der Waals surface area (Å²) in [7, 11) is 0. The smallest absolute Gasteiger partial charge is 0.270 e. The molecular formula is C14H20N2O3. The van der Waals surface area contributed by atoms with Crippen LogP contribution in [0.2, 0.25) is 0 Å². The zero-order valence-electron chi connectivity index (χ0n) is 11.7. The number of hydrogen-bond acceptors (Lipinski definition) is 3. The van der Waals surface area contributed by atoms with Crippen molar-refractivity contribution in [1.82, 2.24) is 5.32 Å². The summed E-state index contributed by atoms with van der Waals surface area (Å²) in [6.45, 7) is 8.16. The molecule has 5 heteroatoms. The largest absolute Gasteiger partial charge is 0.349 e. The minimum atomic E-state index is -0.501. The van der Waals surface area contributed by atoms with Crippen molar-refractivity contribution in [3.63, 3.8) is 0 Å². The van der Waals surface area contributed by atoms with E-state index in [1.165, 1.54) is 18.2 Å². The van der Waals surface area contributed by atoms with Crippen molar-refractivity contribution in [1.29, 1.82) is 0 Å². The van der Waals surface area contributed by atoms with Crippen molar-refractivity contribution in [3.05, 3.63) is 39.9 Å². The Bertz CT molecular complexity index is 462. The van der Waals surface area contributed by atoms with Crippen LogP contribution < -0.4 is 5.32 Å². The molecule has 1 rings (SSSR count). The lowest BCUT2D eigenvalue weighted by atomic mass is 9.93. The number of carbonyl (C=O) groups excluding carboxylic acids is 1. The van der Waals surface area contributed by atoms with Gasteiger partial charge in [0, 0.05) is 23.7 Å². The van der Waals surface area contributed by atoms with Gasteiger partial charge in [0.05, 0.1) is 4.92 Å². The molecular weight excluding hydrogens is 244 g/mol. The number of nitro benzene ring substituents is 1. The Kier molecular flexibility index (Phi) is 5.03. The standard InChI is InChI=1S/C14H20N2O3/c1-9(2)13(10(3)4)15-14(17)11-6-5-7-12(8-11)16(18)19/h5-10,13H,1-4H3,(H,15,17). The van der Waals surface area contributed by atoms with Gasteiger partial charge in [-0.1, -0.05) is 33.8 Å². The van der Waals surface area contributed by atoms with Crippen LogP contribution in [0.3, 0.4) is 0 Å². The van der Waals surface area contributed by atoms with Gasteiger partial charge in [-0.25, -0.2) is 0 Å². The van der Waals surface area contributed by atoms with E-state index in [4.69, 9.17) is 0 Å². The maximum absolute atomic E-state index is 12.1. The number of rotatable bonds is 5. The predicted molar refractivity (Wildman–Crippen MR) is 74.0 cm³/mol. The van der Waals surface area contributed by atoms with Gasteiger partial charge in [-0.15, -0.1) is 0 Å². The van der Waals surface area contributed by atoms with E-state index in [2.05, 4.69) is 5.32 Å². The molecule has 19 heavy (non-hydrogen) atoms. The zero-order chi connectivity index (χ0) is 14.6. The predicted octanol–water partition coefficient (Wildman–Crippen LogP) is 3.01. The molecule has 0 aliphatic heterocycles. The van der Waals surface area contributed by atoms with Crippen molar-refractivity contribution in [2.45, 2.75) is 33.7 Å². The minimum Gasteiger partial charge on any atom is -0.349 e. The van der Waals surface area contributed by atoms with Gasteiger partial charge in [-0.2, -0.15) is 0 Å². The van der Waals surface area contributed by atoms with E-state index in [1.54, 1.807) is 6.07 Å². The van der Waals surface area contributed by atoms with Crippen LogP contribution in [0, 0.1) is 22.0 Å². The highest BCUT2D eigenvalue weighted by atomic mass is 16.6. The van der Waals surface area contributed by atoms with Gasteiger partial charge in [0.1, 0.15) is 0 Å². The van der Waals surface area contributed by atoms with Crippen molar-refractivity contribution in [2.75, 3.05) is 0 Å². The lowest BCUT2D eigenvalue weighted by molar-refractivity contribution is -0.384. The number of nitrogens with zero attached hydrogens (tertiary/aromatic N) is 1. The molecule has 0 bridgehead atoms. The summed E-state index contributed by atoms with van der Waals surface area (Å²) >= 11 is 0. The van der Waals surface area contributed by atoms with Gasteiger partial charge in [0.15, 0.2) is 0 Å². The minimum absolute atomic E-state index is 0.0479. The van der Waals surface area contributed by atoms with Gasteiger partial charge in [0.25, 0.3) is 11.6 Å². The first-order chi connectivity index (χ1) is 8.82. The Labute approximate surface area is 113 Å². The monoisotopic (exact) mass is 264 g/mol. The summed E-state index contributed by atoms with van der Waals surface area (Å²) in [6.07, 6.45) is 0. The molecule has 1 aromatic rings. The Hall–Kier alpha value is -1.91. The van der Waals surface area contributed by atoms with E-state index in [1.807, 2.05) is 27.7 Å². The fourth-order valence-corrected chi connectivity index (χ4v) is 2.10. The first kappa shape index (κ1) is 15.1.